The van der Waals surface area contributed by atoms with Gasteiger partial charge in [0.2, 0.25) is 0 Å². The van der Waals surface area contributed by atoms with E-state index in [9.17, 15) is 4.79 Å². The molecule has 0 aromatic heterocycles. The van der Waals surface area contributed by atoms with Gasteiger partial charge in [-0.15, -0.1) is 0 Å². The van der Waals surface area contributed by atoms with Gasteiger partial charge in [-0.2, -0.15) is 0 Å². The van der Waals surface area contributed by atoms with Gasteiger partial charge in [0.15, 0.2) is 0 Å². The summed E-state index contributed by atoms with van der Waals surface area (Å²) < 4.78 is 0. The highest BCUT2D eigenvalue weighted by atomic mass is 16.2. The molecule has 1 aliphatic heterocycles. The van der Waals surface area contributed by atoms with E-state index in [0.29, 0.717) is 0 Å². The fourth-order valence-corrected chi connectivity index (χ4v) is 0.361. The zero-order chi connectivity index (χ0) is 5.98. The van der Waals surface area contributed by atoms with Crippen LogP contribution >= 0.6 is 0 Å². The second-order valence-electron chi connectivity index (χ2n) is 1.68. The first-order chi connectivity index (χ1) is 3.83. The molecule has 0 radical (unpaired) electrons. The molecule has 2 amide bonds. The summed E-state index contributed by atoms with van der Waals surface area (Å²) in [5.74, 6) is 0. The van der Waals surface area contributed by atoms with Crippen molar-refractivity contribution in [3.8, 4) is 0 Å². The first-order valence-electron chi connectivity index (χ1n) is 2.56. The third-order valence-corrected chi connectivity index (χ3v) is 0.934. The molecule has 0 aromatic rings. The molecular weight excluding hydrogens is 106 g/mol. The normalized spacial score (nSPS) is 17.6. The zero-order valence-corrected chi connectivity index (χ0v) is 4.77. The summed E-state index contributed by atoms with van der Waals surface area (Å²) in [5, 5.41) is 4.26. The maximum Gasteiger partial charge on any atom is 0.329 e. The van der Waals surface area contributed by atoms with E-state index in [4.69, 9.17) is 0 Å². The van der Waals surface area contributed by atoms with E-state index in [1.807, 2.05) is 5.01 Å². The predicted molar refractivity (Wildman–Crippen MR) is 29.2 cm³/mol. The van der Waals surface area contributed by atoms with Gasteiger partial charge in [0.05, 0.1) is 0 Å². The summed E-state index contributed by atoms with van der Waals surface area (Å²) in [6, 6.07) is -0.137. The number of rotatable bonds is 1. The van der Waals surface area contributed by atoms with Crippen molar-refractivity contribution in [1.82, 2.24) is 15.8 Å². The van der Waals surface area contributed by atoms with Crippen molar-refractivity contribution in [3.63, 3.8) is 0 Å². The van der Waals surface area contributed by atoms with E-state index in [-0.39, 0.29) is 6.03 Å². The summed E-state index contributed by atoms with van der Waals surface area (Å²) in [5.41, 5.74) is 2.59. The van der Waals surface area contributed by atoms with E-state index in [1.54, 1.807) is 7.05 Å². The summed E-state index contributed by atoms with van der Waals surface area (Å²) in [7, 11) is 1.60. The largest absolute Gasteiger partial charge is 0.340 e. The van der Waals surface area contributed by atoms with E-state index >= 15 is 0 Å². The average Bonchev–Trinajstić information content (AvgIpc) is 2.50. The lowest BCUT2D eigenvalue weighted by atomic mass is 11.0. The molecule has 0 bridgehead atoms. The molecule has 2 N–H and O–H groups in total. The van der Waals surface area contributed by atoms with Crippen molar-refractivity contribution >= 4 is 6.03 Å². The molecule has 4 nitrogen and oxygen atoms in total. The quantitative estimate of drug-likeness (QED) is 0.437. The van der Waals surface area contributed by atoms with Crippen molar-refractivity contribution in [3.05, 3.63) is 0 Å². The van der Waals surface area contributed by atoms with E-state index in [2.05, 4.69) is 10.7 Å². The number of urea groups is 1. The molecule has 8 heavy (non-hydrogen) atoms. The number of nitrogens with one attached hydrogen (secondary N) is 2. The minimum Gasteiger partial charge on any atom is -0.340 e. The Morgan fingerprint density at radius 3 is 2.62 bits per heavy atom. The molecule has 0 aromatic carbocycles. The number of hydrogen-bond acceptors (Lipinski definition) is 2. The van der Waals surface area contributed by atoms with Crippen molar-refractivity contribution in [2.45, 2.75) is 0 Å². The SMILES string of the molecule is CNC(=O)NN1CC1. The van der Waals surface area contributed by atoms with Crippen molar-refractivity contribution in [1.29, 1.82) is 0 Å². The Bertz CT molecular complexity index is 99.5. The van der Waals surface area contributed by atoms with Gasteiger partial charge in [-0.3, -0.25) is 5.43 Å². The van der Waals surface area contributed by atoms with Crippen LogP contribution in [-0.2, 0) is 0 Å². The molecular formula is C4H9N3O. The fraction of sp³-hybridized carbons (Fsp3) is 0.750. The molecule has 0 unspecified atom stereocenters. The zero-order valence-electron chi connectivity index (χ0n) is 4.77. The number of amides is 2. The molecule has 46 valence electrons. The van der Waals surface area contributed by atoms with Gasteiger partial charge >= 0.3 is 6.03 Å². The van der Waals surface area contributed by atoms with Crippen LogP contribution in [0.3, 0.4) is 0 Å². The Labute approximate surface area is 47.8 Å². The number of nitrogens with zero attached hydrogens (tertiary/aromatic N) is 1. The Kier molecular flexibility index (Phi) is 1.34. The van der Waals surface area contributed by atoms with E-state index in [0.717, 1.165) is 13.1 Å². The van der Waals surface area contributed by atoms with Crippen LogP contribution in [0.15, 0.2) is 0 Å². The lowest BCUT2D eigenvalue weighted by molar-refractivity contribution is 0.229. The van der Waals surface area contributed by atoms with Crippen LogP contribution in [-0.4, -0.2) is 31.2 Å². The number of carbonyl (C=O) groups excluding carboxylic acids is 1. The van der Waals surface area contributed by atoms with Gasteiger partial charge in [0.25, 0.3) is 0 Å². The van der Waals surface area contributed by atoms with Gasteiger partial charge in [-0.1, -0.05) is 0 Å². The fourth-order valence-electron chi connectivity index (χ4n) is 0.361. The van der Waals surface area contributed by atoms with Crippen LogP contribution < -0.4 is 10.7 Å². The van der Waals surface area contributed by atoms with Gasteiger partial charge in [-0.05, 0) is 0 Å². The van der Waals surface area contributed by atoms with Gasteiger partial charge < -0.3 is 5.32 Å². The molecule has 1 aliphatic rings. The van der Waals surface area contributed by atoms with Crippen LogP contribution in [0.4, 0.5) is 4.79 Å². The topological polar surface area (TPSA) is 44.1 Å². The Morgan fingerprint density at radius 1 is 1.62 bits per heavy atom. The van der Waals surface area contributed by atoms with Gasteiger partial charge in [-0.25, -0.2) is 9.80 Å². The third kappa shape index (κ3) is 1.38. The standard InChI is InChI=1S/C4H9N3O/c1-5-4(8)6-7-2-3-7/h2-3H2,1H3,(H2,5,6,8). The second-order valence-corrected chi connectivity index (χ2v) is 1.68. The smallest absolute Gasteiger partial charge is 0.329 e. The average molecular weight is 115 g/mol. The maximum absolute atomic E-state index is 10.4. The lowest BCUT2D eigenvalue weighted by Crippen LogP contribution is -2.36. The Balaban J connectivity index is 2.07. The summed E-state index contributed by atoms with van der Waals surface area (Å²) in [6.45, 7) is 1.96. The molecule has 1 heterocycles. The van der Waals surface area contributed by atoms with Gasteiger partial charge in [0.1, 0.15) is 0 Å². The highest BCUT2D eigenvalue weighted by Gasteiger charge is 2.18. The Morgan fingerprint density at radius 2 is 2.25 bits per heavy atom. The van der Waals surface area contributed by atoms with Crippen molar-refractivity contribution < 1.29 is 4.79 Å². The molecule has 1 saturated heterocycles. The summed E-state index contributed by atoms with van der Waals surface area (Å²) >= 11 is 0. The van der Waals surface area contributed by atoms with Crippen molar-refractivity contribution in [2.75, 3.05) is 20.1 Å². The molecule has 0 saturated carbocycles. The molecule has 0 spiro atoms. The van der Waals surface area contributed by atoms with E-state index < -0.39 is 0 Å². The third-order valence-electron chi connectivity index (χ3n) is 0.934. The molecule has 4 heteroatoms. The number of hydrogen-bond donors (Lipinski definition) is 2. The molecule has 1 rings (SSSR count). The second kappa shape index (κ2) is 2.00. The first-order valence-corrected chi connectivity index (χ1v) is 2.56. The monoisotopic (exact) mass is 115 g/mol. The Hall–Kier alpha value is -0.770. The highest BCUT2D eigenvalue weighted by molar-refractivity contribution is 5.73. The number of carbonyl (C=O) groups is 1. The van der Waals surface area contributed by atoms with E-state index in [1.165, 1.54) is 0 Å². The minimum absolute atomic E-state index is 0.137. The molecule has 1 fully saturated rings. The van der Waals surface area contributed by atoms with Crippen LogP contribution in [0.5, 0.6) is 0 Å². The van der Waals surface area contributed by atoms with Crippen LogP contribution in [0.2, 0.25) is 0 Å². The maximum atomic E-state index is 10.4. The highest BCUT2D eigenvalue weighted by Crippen LogP contribution is 1.94. The predicted octanol–water partition coefficient (Wildman–Crippen LogP) is -0.854. The van der Waals surface area contributed by atoms with Crippen LogP contribution in [0.1, 0.15) is 0 Å². The van der Waals surface area contributed by atoms with Crippen LogP contribution in [0, 0.1) is 0 Å². The minimum atomic E-state index is -0.137. The lowest BCUT2D eigenvalue weighted by Gasteiger charge is -2.00. The van der Waals surface area contributed by atoms with Crippen LogP contribution in [0.25, 0.3) is 0 Å². The van der Waals surface area contributed by atoms with Crippen molar-refractivity contribution in [2.24, 2.45) is 0 Å². The molecule has 0 atom stereocenters. The van der Waals surface area contributed by atoms with Gasteiger partial charge in [0, 0.05) is 20.1 Å². The first kappa shape index (κ1) is 5.37. The molecule has 0 aliphatic carbocycles. The number of hydrazine groups is 1. The summed E-state index contributed by atoms with van der Waals surface area (Å²) in [6.07, 6.45) is 0. The summed E-state index contributed by atoms with van der Waals surface area (Å²) in [4.78, 5) is 10.4.